The molecule has 2 N–H and O–H groups in total. The fourth-order valence-electron chi connectivity index (χ4n) is 3.03. The largest absolute Gasteiger partial charge is 0.361 e. The molecule has 20 heavy (non-hydrogen) atoms. The van der Waals surface area contributed by atoms with Crippen molar-refractivity contribution in [1.29, 1.82) is 0 Å². The second-order valence-electron chi connectivity index (χ2n) is 5.60. The Kier molecular flexibility index (Phi) is 2.82. The van der Waals surface area contributed by atoms with E-state index in [0.717, 1.165) is 6.54 Å². The van der Waals surface area contributed by atoms with Crippen LogP contribution in [0.4, 0.5) is 0 Å². The predicted molar refractivity (Wildman–Crippen MR) is 82.7 cm³/mol. The molecule has 2 aromatic carbocycles. The lowest BCUT2D eigenvalue weighted by Gasteiger charge is -2.06. The van der Waals surface area contributed by atoms with Crippen molar-refractivity contribution in [2.75, 3.05) is 0 Å². The molecule has 0 amide bonds. The number of hydrogen-bond acceptors (Lipinski definition) is 1. The highest BCUT2D eigenvalue weighted by atomic mass is 15.0. The van der Waals surface area contributed by atoms with Gasteiger partial charge in [-0.1, -0.05) is 42.5 Å². The second kappa shape index (κ2) is 4.80. The summed E-state index contributed by atoms with van der Waals surface area (Å²) in [5.41, 5.74) is 4.06. The molecule has 0 spiro atoms. The van der Waals surface area contributed by atoms with Crippen LogP contribution in [0.3, 0.4) is 0 Å². The highest BCUT2D eigenvalue weighted by Gasteiger charge is 2.37. The number of hydrogen-bond donors (Lipinski definition) is 2. The van der Waals surface area contributed by atoms with Crippen LogP contribution in [0.25, 0.3) is 10.9 Å². The Morgan fingerprint density at radius 1 is 1.00 bits per heavy atom. The van der Waals surface area contributed by atoms with Crippen molar-refractivity contribution in [1.82, 2.24) is 10.3 Å². The minimum atomic E-state index is 0.631. The van der Waals surface area contributed by atoms with Gasteiger partial charge in [-0.05, 0) is 29.7 Å². The van der Waals surface area contributed by atoms with Crippen LogP contribution in [-0.4, -0.2) is 11.0 Å². The molecule has 2 nitrogen and oxygen atoms in total. The Hall–Kier alpha value is -2.06. The maximum Gasteiger partial charge on any atom is 0.0457 e. The van der Waals surface area contributed by atoms with Crippen molar-refractivity contribution < 1.29 is 0 Å². The molecule has 1 aliphatic carbocycles. The monoisotopic (exact) mass is 262 g/mol. The molecule has 0 radical (unpaired) electrons. The summed E-state index contributed by atoms with van der Waals surface area (Å²) in [4.78, 5) is 3.27. The van der Waals surface area contributed by atoms with Crippen LogP contribution in [-0.2, 0) is 6.54 Å². The first-order chi connectivity index (χ1) is 9.92. The number of H-pyrrole nitrogens is 1. The molecule has 1 fully saturated rings. The number of benzene rings is 2. The average Bonchev–Trinajstić information content (AvgIpc) is 3.12. The zero-order chi connectivity index (χ0) is 13.4. The molecule has 0 aliphatic heterocycles. The van der Waals surface area contributed by atoms with Crippen LogP contribution in [0.1, 0.15) is 23.5 Å². The number of fused-ring (bicyclic) bond motifs is 1. The Morgan fingerprint density at radius 2 is 1.90 bits per heavy atom. The van der Waals surface area contributed by atoms with Gasteiger partial charge in [-0.2, -0.15) is 0 Å². The molecule has 100 valence electrons. The molecule has 4 rings (SSSR count). The molecular weight excluding hydrogens is 244 g/mol. The van der Waals surface area contributed by atoms with Gasteiger partial charge in [-0.25, -0.2) is 0 Å². The number of rotatable bonds is 4. The maximum absolute atomic E-state index is 3.69. The van der Waals surface area contributed by atoms with E-state index >= 15 is 0 Å². The second-order valence-corrected chi connectivity index (χ2v) is 5.60. The van der Waals surface area contributed by atoms with Gasteiger partial charge in [-0.15, -0.1) is 0 Å². The maximum atomic E-state index is 3.69. The van der Waals surface area contributed by atoms with Crippen LogP contribution in [0.2, 0.25) is 0 Å². The normalized spacial score (nSPS) is 21.2. The first-order valence-corrected chi connectivity index (χ1v) is 7.25. The predicted octanol–water partition coefficient (Wildman–Crippen LogP) is 3.81. The highest BCUT2D eigenvalue weighted by molar-refractivity contribution is 5.82. The number of aromatic amines is 1. The van der Waals surface area contributed by atoms with Crippen LogP contribution in [0.15, 0.2) is 60.8 Å². The summed E-state index contributed by atoms with van der Waals surface area (Å²) in [5.74, 6) is 0.696. The van der Waals surface area contributed by atoms with Gasteiger partial charge >= 0.3 is 0 Å². The summed E-state index contributed by atoms with van der Waals surface area (Å²) in [6, 6.07) is 20.1. The summed E-state index contributed by atoms with van der Waals surface area (Å²) in [7, 11) is 0. The third kappa shape index (κ3) is 2.12. The molecular formula is C18H18N2. The van der Waals surface area contributed by atoms with Gasteiger partial charge < -0.3 is 10.3 Å². The van der Waals surface area contributed by atoms with Crippen molar-refractivity contribution >= 4 is 10.9 Å². The Labute approximate surface area is 118 Å². The number of aromatic nitrogens is 1. The van der Waals surface area contributed by atoms with Crippen LogP contribution < -0.4 is 5.32 Å². The smallest absolute Gasteiger partial charge is 0.0457 e. The van der Waals surface area contributed by atoms with Gasteiger partial charge in [0, 0.05) is 35.6 Å². The van der Waals surface area contributed by atoms with E-state index < -0.39 is 0 Å². The van der Waals surface area contributed by atoms with Crippen molar-refractivity contribution in [3.8, 4) is 0 Å². The molecule has 2 atom stereocenters. The lowest BCUT2D eigenvalue weighted by Crippen LogP contribution is -2.17. The van der Waals surface area contributed by atoms with E-state index in [1.807, 2.05) is 6.20 Å². The SMILES string of the molecule is c1ccc(C2CC2NCc2cccc3[nH]ccc23)cc1. The zero-order valence-electron chi connectivity index (χ0n) is 11.3. The summed E-state index contributed by atoms with van der Waals surface area (Å²) in [5, 5.41) is 5.02. The Morgan fingerprint density at radius 3 is 2.80 bits per heavy atom. The Bertz CT molecular complexity index is 714. The molecule has 3 aromatic rings. The fraction of sp³-hybridized carbons (Fsp3) is 0.222. The summed E-state index contributed by atoms with van der Waals surface area (Å²) in [6.45, 7) is 0.948. The lowest BCUT2D eigenvalue weighted by molar-refractivity contribution is 0.675. The van der Waals surface area contributed by atoms with Crippen LogP contribution in [0.5, 0.6) is 0 Å². The quantitative estimate of drug-likeness (QED) is 0.735. The molecule has 1 heterocycles. The fourth-order valence-corrected chi connectivity index (χ4v) is 3.03. The molecule has 1 aromatic heterocycles. The molecule has 2 heteroatoms. The average molecular weight is 262 g/mol. The molecule has 1 aliphatic rings. The standard InChI is InChI=1S/C18H18N2/c1-2-5-13(6-3-1)16-11-18(16)20-12-14-7-4-8-17-15(14)9-10-19-17/h1-10,16,18-20H,11-12H2. The van der Waals surface area contributed by atoms with Gasteiger partial charge in [0.15, 0.2) is 0 Å². The van der Waals surface area contributed by atoms with E-state index in [-0.39, 0.29) is 0 Å². The summed E-state index contributed by atoms with van der Waals surface area (Å²) >= 11 is 0. The van der Waals surface area contributed by atoms with Gasteiger partial charge in [0.2, 0.25) is 0 Å². The molecule has 0 bridgehead atoms. The first kappa shape index (κ1) is 11.7. The van der Waals surface area contributed by atoms with Crippen molar-refractivity contribution in [3.63, 3.8) is 0 Å². The first-order valence-electron chi connectivity index (χ1n) is 7.25. The molecule has 0 saturated heterocycles. The minimum absolute atomic E-state index is 0.631. The zero-order valence-corrected chi connectivity index (χ0v) is 11.3. The van der Waals surface area contributed by atoms with Gasteiger partial charge in [-0.3, -0.25) is 0 Å². The summed E-state index contributed by atoms with van der Waals surface area (Å²) < 4.78 is 0. The van der Waals surface area contributed by atoms with Gasteiger partial charge in [0.05, 0.1) is 0 Å². The summed E-state index contributed by atoms with van der Waals surface area (Å²) in [6.07, 6.45) is 3.27. The highest BCUT2D eigenvalue weighted by Crippen LogP contribution is 2.40. The van der Waals surface area contributed by atoms with E-state index in [1.54, 1.807) is 0 Å². The lowest BCUT2D eigenvalue weighted by atomic mass is 10.1. The molecule has 1 saturated carbocycles. The van der Waals surface area contributed by atoms with E-state index in [2.05, 4.69) is 64.9 Å². The van der Waals surface area contributed by atoms with Gasteiger partial charge in [0.25, 0.3) is 0 Å². The molecule has 2 unspecified atom stereocenters. The van der Waals surface area contributed by atoms with Crippen LogP contribution in [0, 0.1) is 0 Å². The van der Waals surface area contributed by atoms with E-state index in [9.17, 15) is 0 Å². The minimum Gasteiger partial charge on any atom is -0.361 e. The van der Waals surface area contributed by atoms with Crippen molar-refractivity contribution in [2.24, 2.45) is 0 Å². The third-order valence-electron chi connectivity index (χ3n) is 4.26. The third-order valence-corrected chi connectivity index (χ3v) is 4.26. The van der Waals surface area contributed by atoms with E-state index in [4.69, 9.17) is 0 Å². The van der Waals surface area contributed by atoms with Crippen molar-refractivity contribution in [2.45, 2.75) is 24.9 Å². The van der Waals surface area contributed by atoms with Crippen molar-refractivity contribution in [3.05, 3.63) is 71.9 Å². The number of nitrogens with one attached hydrogen (secondary N) is 2. The topological polar surface area (TPSA) is 27.8 Å². The van der Waals surface area contributed by atoms with Gasteiger partial charge in [0.1, 0.15) is 0 Å². The van der Waals surface area contributed by atoms with Crippen LogP contribution >= 0.6 is 0 Å². The Balaban J connectivity index is 1.44. The van der Waals surface area contributed by atoms with E-state index in [1.165, 1.54) is 28.5 Å². The van der Waals surface area contributed by atoms with E-state index in [0.29, 0.717) is 12.0 Å².